The van der Waals surface area contributed by atoms with Gasteiger partial charge in [-0.2, -0.15) is 0 Å². The average Bonchev–Trinajstić information content (AvgIpc) is 3.27. The molecule has 0 amide bonds. The van der Waals surface area contributed by atoms with Crippen LogP contribution < -0.4 is 0 Å². The fraction of sp³-hybridized carbons (Fsp3) is 0.429. The molecule has 1 atom stereocenters. The van der Waals surface area contributed by atoms with E-state index in [9.17, 15) is 0 Å². The van der Waals surface area contributed by atoms with Crippen molar-refractivity contribution < 1.29 is 14.2 Å². The summed E-state index contributed by atoms with van der Waals surface area (Å²) in [6.45, 7) is 5.77. The molecule has 24 heavy (non-hydrogen) atoms. The van der Waals surface area contributed by atoms with E-state index in [0.717, 1.165) is 55.6 Å². The maximum Gasteiger partial charge on any atom is 0.368 e. The highest BCUT2D eigenvalue weighted by atomic mass is 16.9. The van der Waals surface area contributed by atoms with E-state index >= 15 is 0 Å². The van der Waals surface area contributed by atoms with Gasteiger partial charge < -0.3 is 9.47 Å². The van der Waals surface area contributed by atoms with Crippen molar-refractivity contribution in [1.29, 1.82) is 0 Å². The molecular formula is C21H26O3. The zero-order chi connectivity index (χ0) is 16.8. The Morgan fingerprint density at radius 3 is 2.04 bits per heavy atom. The van der Waals surface area contributed by atoms with Crippen molar-refractivity contribution in [2.24, 2.45) is 0 Å². The van der Waals surface area contributed by atoms with E-state index in [1.807, 2.05) is 37.3 Å². The Labute approximate surface area is 144 Å². The molecule has 0 aromatic heterocycles. The molecule has 2 aliphatic rings. The summed E-state index contributed by atoms with van der Waals surface area (Å²) >= 11 is 0. The molecule has 0 fully saturated rings. The first-order chi connectivity index (χ1) is 11.7. The predicted octanol–water partition coefficient (Wildman–Crippen LogP) is 5.77. The first-order valence-corrected chi connectivity index (χ1v) is 8.80. The van der Waals surface area contributed by atoms with Gasteiger partial charge in [0, 0.05) is 19.8 Å². The molecule has 1 unspecified atom stereocenters. The van der Waals surface area contributed by atoms with E-state index < -0.39 is 5.97 Å². The van der Waals surface area contributed by atoms with Crippen molar-refractivity contribution in [3.05, 3.63) is 72.2 Å². The third-order valence-corrected chi connectivity index (χ3v) is 4.31. The van der Waals surface area contributed by atoms with E-state index in [2.05, 4.69) is 18.7 Å². The van der Waals surface area contributed by atoms with Crippen molar-refractivity contribution in [2.75, 3.05) is 0 Å². The molecule has 0 radical (unpaired) electrons. The van der Waals surface area contributed by atoms with Crippen molar-refractivity contribution in [3.8, 4) is 0 Å². The van der Waals surface area contributed by atoms with Gasteiger partial charge in [0.2, 0.25) is 0 Å². The highest BCUT2D eigenvalue weighted by Crippen LogP contribution is 2.35. The van der Waals surface area contributed by atoms with Gasteiger partial charge in [-0.05, 0) is 43.4 Å². The third kappa shape index (κ3) is 4.30. The zero-order valence-corrected chi connectivity index (χ0v) is 14.4. The quantitative estimate of drug-likeness (QED) is 0.448. The maximum absolute atomic E-state index is 6.25. The minimum absolute atomic E-state index is 0.291. The van der Waals surface area contributed by atoms with Crippen molar-refractivity contribution >= 4 is 0 Å². The monoisotopic (exact) mass is 326 g/mol. The van der Waals surface area contributed by atoms with Crippen LogP contribution in [-0.4, -0.2) is 5.97 Å². The second-order valence-electron chi connectivity index (χ2n) is 6.38. The summed E-state index contributed by atoms with van der Waals surface area (Å²) in [5.41, 5.74) is 1.03. The smallest absolute Gasteiger partial charge is 0.368 e. The van der Waals surface area contributed by atoms with Gasteiger partial charge in [-0.1, -0.05) is 36.4 Å². The molecule has 0 heterocycles. The third-order valence-electron chi connectivity index (χ3n) is 4.31. The Morgan fingerprint density at radius 1 is 1.00 bits per heavy atom. The Balaban J connectivity index is 1.78. The van der Waals surface area contributed by atoms with Crippen LogP contribution in [0.5, 0.6) is 0 Å². The molecule has 3 heteroatoms. The van der Waals surface area contributed by atoms with Crippen LogP contribution in [0, 0.1) is 0 Å². The largest absolute Gasteiger partial charge is 0.435 e. The molecule has 0 aliphatic heterocycles. The minimum atomic E-state index is -1.15. The highest BCUT2D eigenvalue weighted by Gasteiger charge is 2.36. The molecule has 0 bridgehead atoms. The summed E-state index contributed by atoms with van der Waals surface area (Å²) in [7, 11) is 0. The Bertz CT molecular complexity index is 589. The number of ether oxygens (including phenoxy) is 3. The van der Waals surface area contributed by atoms with Crippen LogP contribution in [0.4, 0.5) is 0 Å². The Morgan fingerprint density at radius 2 is 1.58 bits per heavy atom. The van der Waals surface area contributed by atoms with Gasteiger partial charge in [-0.15, -0.1) is 6.58 Å². The van der Waals surface area contributed by atoms with Crippen LogP contribution in [0.2, 0.25) is 0 Å². The Hall–Kier alpha value is -2.00. The van der Waals surface area contributed by atoms with Crippen LogP contribution in [0.25, 0.3) is 0 Å². The predicted molar refractivity (Wildman–Crippen MR) is 94.9 cm³/mol. The van der Waals surface area contributed by atoms with E-state index in [-0.39, 0.29) is 6.10 Å². The molecule has 0 saturated heterocycles. The number of rotatable bonds is 8. The zero-order valence-electron chi connectivity index (χ0n) is 14.4. The molecule has 2 aliphatic carbocycles. The van der Waals surface area contributed by atoms with Crippen LogP contribution in [0.1, 0.15) is 57.1 Å². The highest BCUT2D eigenvalue weighted by molar-refractivity contribution is 5.20. The standard InChI is InChI=1S/C21H26O3/c1-3-20(17-11-5-4-6-12-17)24-21(2,22-18-13-7-8-14-18)23-19-15-9-10-16-19/h3-6,11-13,15,20H,1,7-10,14,16H2,2H3. The van der Waals surface area contributed by atoms with E-state index in [1.165, 1.54) is 0 Å². The number of hydrogen-bond acceptors (Lipinski definition) is 3. The molecule has 0 spiro atoms. The molecule has 128 valence electrons. The summed E-state index contributed by atoms with van der Waals surface area (Å²) < 4.78 is 18.5. The van der Waals surface area contributed by atoms with Crippen molar-refractivity contribution in [2.45, 2.75) is 57.5 Å². The first-order valence-electron chi connectivity index (χ1n) is 8.80. The van der Waals surface area contributed by atoms with Crippen LogP contribution in [0.15, 0.2) is 66.7 Å². The maximum atomic E-state index is 6.25. The number of benzene rings is 1. The summed E-state index contributed by atoms with van der Waals surface area (Å²) in [6.07, 6.45) is 12.0. The van der Waals surface area contributed by atoms with Gasteiger partial charge in [0.25, 0.3) is 0 Å². The fourth-order valence-electron chi connectivity index (χ4n) is 3.14. The Kier molecular flexibility index (Phi) is 5.41. The van der Waals surface area contributed by atoms with Gasteiger partial charge in [0.1, 0.15) is 6.10 Å². The minimum Gasteiger partial charge on any atom is -0.435 e. The lowest BCUT2D eigenvalue weighted by Crippen LogP contribution is -2.36. The SMILES string of the molecule is C=CC(OC(C)(OC1=CCCC1)OC1=CCCC1)c1ccccc1. The molecule has 3 rings (SSSR count). The van der Waals surface area contributed by atoms with Gasteiger partial charge >= 0.3 is 5.97 Å². The van der Waals surface area contributed by atoms with Gasteiger partial charge in [0.15, 0.2) is 0 Å². The average molecular weight is 326 g/mol. The molecule has 1 aromatic carbocycles. The van der Waals surface area contributed by atoms with Crippen LogP contribution in [0.3, 0.4) is 0 Å². The van der Waals surface area contributed by atoms with Gasteiger partial charge in [-0.3, -0.25) is 4.74 Å². The van der Waals surface area contributed by atoms with E-state index in [0.29, 0.717) is 0 Å². The van der Waals surface area contributed by atoms with Gasteiger partial charge in [-0.25, -0.2) is 0 Å². The van der Waals surface area contributed by atoms with Crippen molar-refractivity contribution in [1.82, 2.24) is 0 Å². The summed E-state index contributed by atoms with van der Waals surface area (Å²) in [5, 5.41) is 0. The lowest BCUT2D eigenvalue weighted by Gasteiger charge is -2.34. The molecule has 0 saturated carbocycles. The lowest BCUT2D eigenvalue weighted by atomic mass is 10.1. The second-order valence-corrected chi connectivity index (χ2v) is 6.38. The topological polar surface area (TPSA) is 27.7 Å². The summed E-state index contributed by atoms with van der Waals surface area (Å²) in [6, 6.07) is 10.0. The van der Waals surface area contributed by atoms with Crippen molar-refractivity contribution in [3.63, 3.8) is 0 Å². The van der Waals surface area contributed by atoms with Crippen LogP contribution in [-0.2, 0) is 14.2 Å². The summed E-state index contributed by atoms with van der Waals surface area (Å²) in [4.78, 5) is 0. The normalized spacial score (nSPS) is 18.7. The molecular weight excluding hydrogens is 300 g/mol. The van der Waals surface area contributed by atoms with Gasteiger partial charge in [0.05, 0.1) is 11.5 Å². The van der Waals surface area contributed by atoms with E-state index in [4.69, 9.17) is 14.2 Å². The fourth-order valence-corrected chi connectivity index (χ4v) is 3.14. The number of hydrogen-bond donors (Lipinski definition) is 0. The van der Waals surface area contributed by atoms with Crippen LogP contribution >= 0.6 is 0 Å². The lowest BCUT2D eigenvalue weighted by molar-refractivity contribution is -0.353. The number of allylic oxidation sites excluding steroid dienone is 4. The summed E-state index contributed by atoms with van der Waals surface area (Å²) in [5.74, 6) is 0.750. The molecule has 1 aromatic rings. The second kappa shape index (κ2) is 7.71. The first kappa shape index (κ1) is 16.8. The molecule has 0 N–H and O–H groups in total. The van der Waals surface area contributed by atoms with E-state index in [1.54, 1.807) is 6.08 Å². The molecule has 3 nitrogen and oxygen atoms in total.